The summed E-state index contributed by atoms with van der Waals surface area (Å²) in [5, 5.41) is 22.0. The van der Waals surface area contributed by atoms with Crippen molar-refractivity contribution in [2.24, 2.45) is 0 Å². The average molecular weight is 243 g/mol. The van der Waals surface area contributed by atoms with Crippen LogP contribution in [0, 0.1) is 6.92 Å². The fraction of sp³-hybridized carbons (Fsp3) is 0.200. The highest BCUT2D eigenvalue weighted by Crippen LogP contribution is 2.21. The monoisotopic (exact) mass is 243 g/mol. The van der Waals surface area contributed by atoms with E-state index in [0.717, 1.165) is 11.3 Å². The molecule has 1 unspecified atom stereocenters. The topological polar surface area (TPSA) is 52.5 Å². The highest BCUT2D eigenvalue weighted by atomic mass is 16.3. The summed E-state index contributed by atoms with van der Waals surface area (Å²) >= 11 is 0. The van der Waals surface area contributed by atoms with Gasteiger partial charge in [0.1, 0.15) is 5.75 Å². The predicted octanol–water partition coefficient (Wildman–Crippen LogP) is 2.85. The van der Waals surface area contributed by atoms with Crippen LogP contribution in [-0.4, -0.2) is 16.8 Å². The lowest BCUT2D eigenvalue weighted by Crippen LogP contribution is -2.14. The van der Waals surface area contributed by atoms with Gasteiger partial charge in [0.05, 0.1) is 12.6 Å². The quantitative estimate of drug-likeness (QED) is 0.774. The van der Waals surface area contributed by atoms with E-state index in [1.54, 1.807) is 24.3 Å². The number of hydrogen-bond acceptors (Lipinski definition) is 3. The molecule has 0 aliphatic heterocycles. The zero-order valence-electron chi connectivity index (χ0n) is 10.3. The highest BCUT2D eigenvalue weighted by molar-refractivity contribution is 5.47. The van der Waals surface area contributed by atoms with Crippen LogP contribution in [0.25, 0.3) is 0 Å². The number of aliphatic hydroxyl groups excluding tert-OH is 1. The van der Waals surface area contributed by atoms with E-state index >= 15 is 0 Å². The van der Waals surface area contributed by atoms with Gasteiger partial charge in [-0.1, -0.05) is 24.3 Å². The minimum Gasteiger partial charge on any atom is -0.508 e. The molecule has 0 heterocycles. The molecular formula is C15H17NO2. The summed E-state index contributed by atoms with van der Waals surface area (Å²) in [7, 11) is 0. The predicted molar refractivity (Wildman–Crippen MR) is 72.7 cm³/mol. The van der Waals surface area contributed by atoms with Crippen LogP contribution in [-0.2, 0) is 0 Å². The van der Waals surface area contributed by atoms with Crippen LogP contribution < -0.4 is 5.32 Å². The summed E-state index contributed by atoms with van der Waals surface area (Å²) in [6.07, 6.45) is 0. The first kappa shape index (κ1) is 12.5. The maximum atomic E-state index is 9.45. The standard InChI is InChI=1S/C15H17NO2/c1-11-3-2-4-13(9-11)16-15(10-17)12-5-7-14(18)8-6-12/h2-9,15-18H,10H2,1H3. The number of aliphatic hydroxyl groups is 1. The molecule has 2 rings (SSSR count). The van der Waals surface area contributed by atoms with E-state index in [4.69, 9.17) is 0 Å². The van der Waals surface area contributed by atoms with E-state index in [1.165, 1.54) is 5.56 Å². The lowest BCUT2D eigenvalue weighted by atomic mass is 10.1. The number of phenolic OH excluding ortho intramolecular Hbond substituents is 1. The third-order valence-electron chi connectivity index (χ3n) is 2.84. The van der Waals surface area contributed by atoms with Crippen molar-refractivity contribution >= 4 is 5.69 Å². The fourth-order valence-electron chi connectivity index (χ4n) is 1.88. The van der Waals surface area contributed by atoms with Crippen LogP contribution in [0.2, 0.25) is 0 Å². The Morgan fingerprint density at radius 2 is 1.83 bits per heavy atom. The smallest absolute Gasteiger partial charge is 0.115 e. The van der Waals surface area contributed by atoms with Gasteiger partial charge in [-0.3, -0.25) is 0 Å². The fourth-order valence-corrected chi connectivity index (χ4v) is 1.88. The van der Waals surface area contributed by atoms with E-state index < -0.39 is 0 Å². The molecule has 3 nitrogen and oxygen atoms in total. The summed E-state index contributed by atoms with van der Waals surface area (Å²) < 4.78 is 0. The van der Waals surface area contributed by atoms with Crippen LogP contribution >= 0.6 is 0 Å². The van der Waals surface area contributed by atoms with E-state index in [-0.39, 0.29) is 18.4 Å². The molecule has 0 bridgehead atoms. The third-order valence-corrected chi connectivity index (χ3v) is 2.84. The first-order valence-electron chi connectivity index (χ1n) is 5.92. The van der Waals surface area contributed by atoms with Crippen LogP contribution in [0.5, 0.6) is 5.75 Å². The number of aromatic hydroxyl groups is 1. The summed E-state index contributed by atoms with van der Waals surface area (Å²) in [5.74, 6) is 0.228. The molecule has 0 amide bonds. The summed E-state index contributed by atoms with van der Waals surface area (Å²) in [6.45, 7) is 2.03. The molecular weight excluding hydrogens is 226 g/mol. The summed E-state index contributed by atoms with van der Waals surface area (Å²) in [4.78, 5) is 0. The van der Waals surface area contributed by atoms with Gasteiger partial charge in [0, 0.05) is 5.69 Å². The zero-order chi connectivity index (χ0) is 13.0. The normalized spacial score (nSPS) is 12.1. The number of rotatable bonds is 4. The maximum absolute atomic E-state index is 9.45. The second-order valence-electron chi connectivity index (χ2n) is 4.34. The first-order valence-corrected chi connectivity index (χ1v) is 5.92. The lowest BCUT2D eigenvalue weighted by molar-refractivity contribution is 0.276. The molecule has 0 aromatic heterocycles. The van der Waals surface area contributed by atoms with Crippen molar-refractivity contribution < 1.29 is 10.2 Å². The SMILES string of the molecule is Cc1cccc(NC(CO)c2ccc(O)cc2)c1. The Labute approximate surface area is 107 Å². The Balaban J connectivity index is 2.17. The van der Waals surface area contributed by atoms with Gasteiger partial charge < -0.3 is 15.5 Å². The zero-order valence-corrected chi connectivity index (χ0v) is 10.3. The van der Waals surface area contributed by atoms with E-state index in [9.17, 15) is 10.2 Å². The van der Waals surface area contributed by atoms with Gasteiger partial charge >= 0.3 is 0 Å². The number of phenols is 1. The second kappa shape index (κ2) is 5.56. The number of hydrogen-bond donors (Lipinski definition) is 3. The lowest BCUT2D eigenvalue weighted by Gasteiger charge is -2.18. The van der Waals surface area contributed by atoms with Gasteiger partial charge in [0.2, 0.25) is 0 Å². The second-order valence-corrected chi connectivity index (χ2v) is 4.34. The number of benzene rings is 2. The Hall–Kier alpha value is -2.00. The van der Waals surface area contributed by atoms with E-state index in [0.29, 0.717) is 0 Å². The van der Waals surface area contributed by atoms with Gasteiger partial charge in [-0.15, -0.1) is 0 Å². The van der Waals surface area contributed by atoms with Gasteiger partial charge in [-0.05, 0) is 42.3 Å². The molecule has 94 valence electrons. The van der Waals surface area contributed by atoms with Crippen LogP contribution in [0.15, 0.2) is 48.5 Å². The van der Waals surface area contributed by atoms with Crippen molar-refractivity contribution in [3.8, 4) is 5.75 Å². The maximum Gasteiger partial charge on any atom is 0.115 e. The van der Waals surface area contributed by atoms with Crippen molar-refractivity contribution in [1.29, 1.82) is 0 Å². The van der Waals surface area contributed by atoms with Crippen molar-refractivity contribution in [3.05, 3.63) is 59.7 Å². The van der Waals surface area contributed by atoms with Crippen LogP contribution in [0.1, 0.15) is 17.2 Å². The minimum atomic E-state index is -0.174. The Morgan fingerprint density at radius 1 is 1.11 bits per heavy atom. The molecule has 3 N–H and O–H groups in total. The number of nitrogens with one attached hydrogen (secondary N) is 1. The van der Waals surface area contributed by atoms with Gasteiger partial charge in [0.25, 0.3) is 0 Å². The molecule has 3 heteroatoms. The summed E-state index contributed by atoms with van der Waals surface area (Å²) in [5.41, 5.74) is 3.08. The molecule has 1 atom stereocenters. The molecule has 2 aromatic carbocycles. The van der Waals surface area contributed by atoms with Gasteiger partial charge in [-0.25, -0.2) is 0 Å². The van der Waals surface area contributed by atoms with Gasteiger partial charge in [-0.2, -0.15) is 0 Å². The molecule has 0 saturated heterocycles. The number of aryl methyl sites for hydroxylation is 1. The van der Waals surface area contributed by atoms with Crippen LogP contribution in [0.3, 0.4) is 0 Å². The molecule has 18 heavy (non-hydrogen) atoms. The van der Waals surface area contributed by atoms with Gasteiger partial charge in [0.15, 0.2) is 0 Å². The molecule has 0 fully saturated rings. The molecule has 0 spiro atoms. The largest absolute Gasteiger partial charge is 0.508 e. The van der Waals surface area contributed by atoms with Crippen molar-refractivity contribution in [2.75, 3.05) is 11.9 Å². The molecule has 0 saturated carbocycles. The van der Waals surface area contributed by atoms with E-state index in [2.05, 4.69) is 5.32 Å². The van der Waals surface area contributed by atoms with E-state index in [1.807, 2.05) is 31.2 Å². The Bertz CT molecular complexity index is 508. The Morgan fingerprint density at radius 3 is 2.44 bits per heavy atom. The molecule has 0 aliphatic rings. The average Bonchev–Trinajstić information content (AvgIpc) is 2.37. The number of anilines is 1. The van der Waals surface area contributed by atoms with Crippen molar-refractivity contribution in [1.82, 2.24) is 0 Å². The molecule has 2 aromatic rings. The third kappa shape index (κ3) is 3.02. The molecule has 0 aliphatic carbocycles. The van der Waals surface area contributed by atoms with Crippen molar-refractivity contribution in [3.63, 3.8) is 0 Å². The minimum absolute atomic E-state index is 0.00127. The Kier molecular flexibility index (Phi) is 3.85. The highest BCUT2D eigenvalue weighted by Gasteiger charge is 2.09. The van der Waals surface area contributed by atoms with Crippen LogP contribution in [0.4, 0.5) is 5.69 Å². The van der Waals surface area contributed by atoms with Crippen molar-refractivity contribution in [2.45, 2.75) is 13.0 Å². The first-order chi connectivity index (χ1) is 8.69. The summed E-state index contributed by atoms with van der Waals surface area (Å²) in [6, 6.07) is 14.7. The molecule has 0 radical (unpaired) electrons.